The van der Waals surface area contributed by atoms with Crippen molar-refractivity contribution in [3.63, 3.8) is 0 Å². The van der Waals surface area contributed by atoms with E-state index in [-0.39, 0.29) is 11.6 Å². The number of hydrogen-bond donors (Lipinski definition) is 0. The summed E-state index contributed by atoms with van der Waals surface area (Å²) >= 11 is 6.68. The van der Waals surface area contributed by atoms with Gasteiger partial charge >= 0.3 is 0 Å². The number of carbonyl (C=O) groups excluding carboxylic acids is 2. The average Bonchev–Trinajstić information content (AvgIpc) is 2.72. The summed E-state index contributed by atoms with van der Waals surface area (Å²) in [7, 11) is 4.48. The topological polar surface area (TPSA) is 49.9 Å². The Balaban J connectivity index is 2.06. The van der Waals surface area contributed by atoms with Gasteiger partial charge in [0.25, 0.3) is 11.8 Å². The fourth-order valence-corrected chi connectivity index (χ4v) is 3.75. The van der Waals surface area contributed by atoms with Crippen molar-refractivity contribution in [1.29, 1.82) is 0 Å². The number of rotatable bonds is 4. The van der Waals surface area contributed by atoms with Gasteiger partial charge in [0.05, 0.1) is 0 Å². The Morgan fingerprint density at radius 2 is 1.56 bits per heavy atom. The standard InChI is InChI=1S/C21H21ClN2O3/c1-23-17(14-15-10-6-4-7-11-15)19(25)24(2)21(27-3,20(23)26)18(22)16-12-8-5-9-13-16/h4-14,18H,1-3H3/b17-14+/t18-,21-/m1/s1. The van der Waals surface area contributed by atoms with Crippen molar-refractivity contribution in [2.24, 2.45) is 0 Å². The molecule has 27 heavy (non-hydrogen) atoms. The summed E-state index contributed by atoms with van der Waals surface area (Å²) < 4.78 is 5.61. The summed E-state index contributed by atoms with van der Waals surface area (Å²) in [6, 6.07) is 18.5. The average molecular weight is 385 g/mol. The van der Waals surface area contributed by atoms with Crippen LogP contribution in [0.4, 0.5) is 0 Å². The molecule has 2 aromatic rings. The molecule has 5 nitrogen and oxygen atoms in total. The molecule has 0 aliphatic carbocycles. The molecule has 0 unspecified atom stereocenters. The van der Waals surface area contributed by atoms with Crippen LogP contribution in [0.2, 0.25) is 0 Å². The van der Waals surface area contributed by atoms with Crippen LogP contribution in [-0.2, 0) is 14.3 Å². The summed E-state index contributed by atoms with van der Waals surface area (Å²) in [5.74, 6) is -0.748. The molecule has 2 atom stereocenters. The van der Waals surface area contributed by atoms with Crippen LogP contribution in [-0.4, -0.2) is 48.5 Å². The molecule has 1 fully saturated rings. The van der Waals surface area contributed by atoms with Gasteiger partial charge in [-0.2, -0.15) is 0 Å². The van der Waals surface area contributed by atoms with Gasteiger partial charge in [-0.25, -0.2) is 0 Å². The number of methoxy groups -OCH3 is 1. The van der Waals surface area contributed by atoms with Crippen LogP contribution in [0.3, 0.4) is 0 Å². The third kappa shape index (κ3) is 3.13. The van der Waals surface area contributed by atoms with Gasteiger partial charge in [-0.05, 0) is 17.2 Å². The maximum absolute atomic E-state index is 13.3. The van der Waals surface area contributed by atoms with Crippen LogP contribution >= 0.6 is 11.6 Å². The van der Waals surface area contributed by atoms with Crippen LogP contribution in [0.1, 0.15) is 16.5 Å². The fraction of sp³-hybridized carbons (Fsp3) is 0.238. The smallest absolute Gasteiger partial charge is 0.282 e. The first-order valence-corrected chi connectivity index (χ1v) is 8.94. The van der Waals surface area contributed by atoms with Gasteiger partial charge in [0, 0.05) is 21.2 Å². The Kier molecular flexibility index (Phi) is 5.35. The highest BCUT2D eigenvalue weighted by molar-refractivity contribution is 6.24. The zero-order valence-corrected chi connectivity index (χ0v) is 16.2. The van der Waals surface area contributed by atoms with Crippen molar-refractivity contribution in [2.45, 2.75) is 11.1 Å². The monoisotopic (exact) mass is 384 g/mol. The van der Waals surface area contributed by atoms with E-state index >= 15 is 0 Å². The zero-order chi connectivity index (χ0) is 19.6. The molecule has 1 heterocycles. The molecule has 1 aliphatic rings. The molecule has 2 aromatic carbocycles. The number of nitrogens with zero attached hydrogens (tertiary/aromatic N) is 2. The number of alkyl halides is 1. The van der Waals surface area contributed by atoms with Gasteiger partial charge in [0.1, 0.15) is 11.1 Å². The van der Waals surface area contributed by atoms with E-state index in [0.29, 0.717) is 5.56 Å². The Hall–Kier alpha value is -2.63. The lowest BCUT2D eigenvalue weighted by atomic mass is 9.95. The molecular weight excluding hydrogens is 364 g/mol. The molecule has 0 aromatic heterocycles. The van der Waals surface area contributed by atoms with E-state index in [1.807, 2.05) is 48.5 Å². The maximum atomic E-state index is 13.3. The Bertz CT molecular complexity index is 870. The van der Waals surface area contributed by atoms with E-state index < -0.39 is 17.0 Å². The van der Waals surface area contributed by atoms with Crippen molar-refractivity contribution in [2.75, 3.05) is 21.2 Å². The predicted octanol–water partition coefficient (Wildman–Crippen LogP) is 3.28. The molecule has 140 valence electrons. The molecule has 6 heteroatoms. The largest absolute Gasteiger partial charge is 0.349 e. The summed E-state index contributed by atoms with van der Waals surface area (Å²) in [6.45, 7) is 0. The number of halogens is 1. The summed E-state index contributed by atoms with van der Waals surface area (Å²) in [5.41, 5.74) is 0.142. The first-order chi connectivity index (χ1) is 12.9. The number of amides is 2. The van der Waals surface area contributed by atoms with E-state index in [9.17, 15) is 9.59 Å². The van der Waals surface area contributed by atoms with Crippen molar-refractivity contribution < 1.29 is 14.3 Å². The molecule has 0 bridgehead atoms. The lowest BCUT2D eigenvalue weighted by Crippen LogP contribution is -2.67. The van der Waals surface area contributed by atoms with Gasteiger partial charge in [-0.3, -0.25) is 9.59 Å². The lowest BCUT2D eigenvalue weighted by molar-refractivity contribution is -0.191. The normalized spacial score (nSPS) is 23.0. The van der Waals surface area contributed by atoms with E-state index in [0.717, 1.165) is 5.56 Å². The Morgan fingerprint density at radius 3 is 2.11 bits per heavy atom. The molecule has 0 N–H and O–H groups in total. The second-order valence-corrected chi connectivity index (χ2v) is 6.78. The second-order valence-electron chi connectivity index (χ2n) is 6.34. The van der Waals surface area contributed by atoms with Crippen LogP contribution in [0, 0.1) is 0 Å². The van der Waals surface area contributed by atoms with Crippen molar-refractivity contribution in [3.05, 3.63) is 77.5 Å². The third-order valence-electron chi connectivity index (χ3n) is 4.84. The highest BCUT2D eigenvalue weighted by atomic mass is 35.5. The summed E-state index contributed by atoms with van der Waals surface area (Å²) in [5, 5.41) is -0.870. The molecule has 1 aliphatic heterocycles. The summed E-state index contributed by atoms with van der Waals surface area (Å²) in [4.78, 5) is 29.1. The Labute approximate surface area is 163 Å². The second kappa shape index (κ2) is 7.55. The van der Waals surface area contributed by atoms with Crippen LogP contribution in [0.25, 0.3) is 6.08 Å². The molecule has 0 radical (unpaired) electrons. The predicted molar refractivity (Wildman–Crippen MR) is 105 cm³/mol. The van der Waals surface area contributed by atoms with E-state index in [1.54, 1.807) is 25.3 Å². The SMILES string of the molecule is CO[C@]1([C@H](Cl)c2ccccc2)C(=O)N(C)/C(=C/c2ccccc2)C(=O)N1C. The molecular formula is C21H21ClN2O3. The van der Waals surface area contributed by atoms with Crippen LogP contribution < -0.4 is 0 Å². The minimum atomic E-state index is -1.64. The molecule has 1 saturated heterocycles. The van der Waals surface area contributed by atoms with Crippen LogP contribution in [0.15, 0.2) is 66.4 Å². The number of ether oxygens (including phenoxy) is 1. The van der Waals surface area contributed by atoms with E-state index in [2.05, 4.69) is 0 Å². The Morgan fingerprint density at radius 1 is 1.00 bits per heavy atom. The van der Waals surface area contributed by atoms with Gasteiger partial charge in [0.2, 0.25) is 5.72 Å². The maximum Gasteiger partial charge on any atom is 0.282 e. The number of benzene rings is 2. The molecule has 3 rings (SSSR count). The van der Waals surface area contributed by atoms with Crippen molar-refractivity contribution in [3.8, 4) is 0 Å². The minimum absolute atomic E-state index is 0.262. The number of likely N-dealkylation sites (N-methyl/N-ethyl adjacent to an activating group) is 2. The summed E-state index contributed by atoms with van der Waals surface area (Å²) in [6.07, 6.45) is 1.68. The zero-order valence-electron chi connectivity index (χ0n) is 15.4. The molecule has 2 amide bonds. The third-order valence-corrected chi connectivity index (χ3v) is 5.39. The fourth-order valence-electron chi connectivity index (χ4n) is 3.28. The number of piperazine rings is 1. The van der Waals surface area contributed by atoms with Crippen molar-refractivity contribution in [1.82, 2.24) is 9.80 Å². The van der Waals surface area contributed by atoms with Gasteiger partial charge in [0.15, 0.2) is 0 Å². The van der Waals surface area contributed by atoms with Crippen molar-refractivity contribution >= 4 is 29.5 Å². The lowest BCUT2D eigenvalue weighted by Gasteiger charge is -2.48. The highest BCUT2D eigenvalue weighted by Gasteiger charge is 2.57. The van der Waals surface area contributed by atoms with Gasteiger partial charge < -0.3 is 14.5 Å². The first kappa shape index (κ1) is 19.1. The van der Waals surface area contributed by atoms with E-state index in [4.69, 9.17) is 16.3 Å². The quantitative estimate of drug-likeness (QED) is 0.600. The number of hydrogen-bond acceptors (Lipinski definition) is 3. The molecule has 0 saturated carbocycles. The van der Waals surface area contributed by atoms with Crippen LogP contribution in [0.5, 0.6) is 0 Å². The number of carbonyl (C=O) groups is 2. The molecule has 0 spiro atoms. The highest BCUT2D eigenvalue weighted by Crippen LogP contribution is 2.42. The first-order valence-electron chi connectivity index (χ1n) is 8.50. The van der Waals surface area contributed by atoms with Gasteiger partial charge in [-0.1, -0.05) is 60.7 Å². The van der Waals surface area contributed by atoms with Gasteiger partial charge in [-0.15, -0.1) is 11.6 Å². The minimum Gasteiger partial charge on any atom is -0.349 e. The van der Waals surface area contributed by atoms with E-state index in [1.165, 1.54) is 24.0 Å².